The van der Waals surface area contributed by atoms with Gasteiger partial charge >= 0.3 is 0 Å². The summed E-state index contributed by atoms with van der Waals surface area (Å²) in [6.45, 7) is 4.68. The summed E-state index contributed by atoms with van der Waals surface area (Å²) in [6, 6.07) is 9.81. The Morgan fingerprint density at radius 3 is 2.72 bits per heavy atom. The molecular formula is C23H35N5O. The summed E-state index contributed by atoms with van der Waals surface area (Å²) in [5.74, 6) is 1.16. The van der Waals surface area contributed by atoms with Crippen molar-refractivity contribution in [1.82, 2.24) is 20.4 Å². The molecule has 1 unspecified atom stereocenters. The molecule has 2 N–H and O–H groups in total. The normalized spacial score (nSPS) is 23.9. The molecule has 0 radical (unpaired) electrons. The van der Waals surface area contributed by atoms with Gasteiger partial charge in [-0.1, -0.05) is 37.1 Å². The van der Waals surface area contributed by atoms with E-state index in [4.69, 9.17) is 0 Å². The molecule has 3 aliphatic rings. The maximum absolute atomic E-state index is 11.9. The number of likely N-dealkylation sites (tertiary alicyclic amines) is 2. The second-order valence-electron chi connectivity index (χ2n) is 8.73. The van der Waals surface area contributed by atoms with Crippen LogP contribution in [0.5, 0.6) is 0 Å². The highest BCUT2D eigenvalue weighted by Crippen LogP contribution is 2.26. The van der Waals surface area contributed by atoms with Gasteiger partial charge in [0.25, 0.3) is 0 Å². The quantitative estimate of drug-likeness (QED) is 0.572. The van der Waals surface area contributed by atoms with Gasteiger partial charge in [-0.05, 0) is 36.8 Å². The van der Waals surface area contributed by atoms with Crippen LogP contribution >= 0.6 is 0 Å². The monoisotopic (exact) mass is 397 g/mol. The Hall–Kier alpha value is -2.08. The number of nitrogens with zero attached hydrogens (tertiary/aromatic N) is 3. The molecule has 1 aliphatic carbocycles. The maximum atomic E-state index is 11.9. The van der Waals surface area contributed by atoms with E-state index in [1.54, 1.807) is 0 Å². The fourth-order valence-corrected chi connectivity index (χ4v) is 5.01. The molecular weight excluding hydrogens is 362 g/mol. The topological polar surface area (TPSA) is 60.0 Å². The molecule has 1 atom stereocenters. The Morgan fingerprint density at radius 2 is 1.97 bits per heavy atom. The fourth-order valence-electron chi connectivity index (χ4n) is 5.01. The van der Waals surface area contributed by atoms with Gasteiger partial charge in [-0.15, -0.1) is 0 Å². The van der Waals surface area contributed by atoms with Crippen LogP contribution in [0.2, 0.25) is 0 Å². The zero-order valence-corrected chi connectivity index (χ0v) is 17.7. The Labute approximate surface area is 174 Å². The van der Waals surface area contributed by atoms with E-state index in [0.29, 0.717) is 12.5 Å². The predicted octanol–water partition coefficient (Wildman–Crippen LogP) is 2.49. The number of rotatable bonds is 6. The van der Waals surface area contributed by atoms with E-state index in [2.05, 4.69) is 44.8 Å². The second-order valence-corrected chi connectivity index (χ2v) is 8.73. The molecule has 1 aromatic carbocycles. The number of hydrogen-bond acceptors (Lipinski definition) is 3. The zero-order valence-electron chi connectivity index (χ0n) is 17.7. The SMILES string of the molecule is CN=C(NCc1cccc(CN2CCCC2=O)c1)NC1CCN(C2CCCC2)C1. The molecule has 4 rings (SSSR count). The molecule has 0 aromatic heterocycles. The average molecular weight is 398 g/mol. The van der Waals surface area contributed by atoms with Crippen molar-refractivity contribution < 1.29 is 4.79 Å². The minimum Gasteiger partial charge on any atom is -0.352 e. The number of carbonyl (C=O) groups is 1. The van der Waals surface area contributed by atoms with Crippen LogP contribution in [-0.4, -0.2) is 60.4 Å². The van der Waals surface area contributed by atoms with E-state index in [-0.39, 0.29) is 5.91 Å². The first-order chi connectivity index (χ1) is 14.2. The highest BCUT2D eigenvalue weighted by atomic mass is 16.2. The first-order valence-electron chi connectivity index (χ1n) is 11.3. The van der Waals surface area contributed by atoms with Gasteiger partial charge in [-0.3, -0.25) is 14.7 Å². The smallest absolute Gasteiger partial charge is 0.222 e. The summed E-state index contributed by atoms with van der Waals surface area (Å²) in [5.41, 5.74) is 2.42. The summed E-state index contributed by atoms with van der Waals surface area (Å²) in [4.78, 5) is 20.9. The minimum atomic E-state index is 0.279. The van der Waals surface area contributed by atoms with Crippen molar-refractivity contribution in [3.63, 3.8) is 0 Å². The van der Waals surface area contributed by atoms with Gasteiger partial charge < -0.3 is 15.5 Å². The largest absolute Gasteiger partial charge is 0.352 e. The van der Waals surface area contributed by atoms with E-state index in [1.807, 2.05) is 11.9 Å². The van der Waals surface area contributed by atoms with E-state index >= 15 is 0 Å². The van der Waals surface area contributed by atoms with Crippen LogP contribution in [0, 0.1) is 0 Å². The molecule has 6 nitrogen and oxygen atoms in total. The minimum absolute atomic E-state index is 0.279. The van der Waals surface area contributed by atoms with Crippen molar-refractivity contribution in [1.29, 1.82) is 0 Å². The first-order valence-corrected chi connectivity index (χ1v) is 11.3. The van der Waals surface area contributed by atoms with Gasteiger partial charge in [0.2, 0.25) is 5.91 Å². The van der Waals surface area contributed by atoms with Gasteiger partial charge in [0.1, 0.15) is 0 Å². The van der Waals surface area contributed by atoms with Gasteiger partial charge in [0.05, 0.1) is 0 Å². The van der Waals surface area contributed by atoms with E-state index < -0.39 is 0 Å². The molecule has 0 spiro atoms. The van der Waals surface area contributed by atoms with Gasteiger partial charge in [0.15, 0.2) is 5.96 Å². The molecule has 3 fully saturated rings. The van der Waals surface area contributed by atoms with Crippen molar-refractivity contribution >= 4 is 11.9 Å². The lowest BCUT2D eigenvalue weighted by Gasteiger charge is -2.24. The van der Waals surface area contributed by atoms with Crippen LogP contribution in [0.15, 0.2) is 29.3 Å². The summed E-state index contributed by atoms with van der Waals surface area (Å²) in [6.07, 6.45) is 8.42. The van der Waals surface area contributed by atoms with Crippen LogP contribution < -0.4 is 10.6 Å². The number of nitrogens with one attached hydrogen (secondary N) is 2. The fraction of sp³-hybridized carbons (Fsp3) is 0.652. The molecule has 2 heterocycles. The third-order valence-corrected chi connectivity index (χ3v) is 6.62. The Morgan fingerprint density at radius 1 is 1.14 bits per heavy atom. The van der Waals surface area contributed by atoms with Gasteiger partial charge in [0, 0.05) is 58.3 Å². The Kier molecular flexibility index (Phi) is 6.70. The van der Waals surface area contributed by atoms with Crippen molar-refractivity contribution in [2.45, 2.75) is 70.1 Å². The lowest BCUT2D eigenvalue weighted by molar-refractivity contribution is -0.128. The van der Waals surface area contributed by atoms with Crippen LogP contribution in [0.4, 0.5) is 0 Å². The molecule has 2 saturated heterocycles. The van der Waals surface area contributed by atoms with E-state index in [1.165, 1.54) is 49.8 Å². The van der Waals surface area contributed by atoms with Crippen LogP contribution in [-0.2, 0) is 17.9 Å². The highest BCUT2D eigenvalue weighted by molar-refractivity contribution is 5.80. The van der Waals surface area contributed by atoms with Gasteiger partial charge in [-0.2, -0.15) is 0 Å². The third kappa shape index (κ3) is 5.30. The van der Waals surface area contributed by atoms with Crippen LogP contribution in [0.3, 0.4) is 0 Å². The Bertz CT molecular complexity index is 728. The first kappa shape index (κ1) is 20.2. The summed E-state index contributed by atoms with van der Waals surface area (Å²) in [5, 5.41) is 7.08. The molecule has 29 heavy (non-hydrogen) atoms. The van der Waals surface area contributed by atoms with E-state index in [9.17, 15) is 4.79 Å². The molecule has 6 heteroatoms. The van der Waals surface area contributed by atoms with Gasteiger partial charge in [-0.25, -0.2) is 0 Å². The molecule has 2 aliphatic heterocycles. The summed E-state index contributed by atoms with van der Waals surface area (Å²) in [7, 11) is 1.84. The van der Waals surface area contributed by atoms with Crippen LogP contribution in [0.25, 0.3) is 0 Å². The van der Waals surface area contributed by atoms with Crippen molar-refractivity contribution in [2.75, 3.05) is 26.7 Å². The Balaban J connectivity index is 1.25. The van der Waals surface area contributed by atoms with Crippen LogP contribution in [0.1, 0.15) is 56.1 Å². The number of carbonyl (C=O) groups excluding carboxylic acids is 1. The standard InChI is InChI=1S/C23H35N5O/c1-24-23(26-20-11-13-27(17-20)21-8-2-3-9-21)25-15-18-6-4-7-19(14-18)16-28-12-5-10-22(28)29/h4,6-7,14,20-21H,2-3,5,8-13,15-17H2,1H3,(H2,24,25,26). The number of aliphatic imine (C=N–C) groups is 1. The number of benzene rings is 1. The lowest BCUT2D eigenvalue weighted by Crippen LogP contribution is -2.45. The average Bonchev–Trinajstić information content (AvgIpc) is 3.48. The lowest BCUT2D eigenvalue weighted by atomic mass is 10.1. The highest BCUT2D eigenvalue weighted by Gasteiger charge is 2.30. The molecule has 1 saturated carbocycles. The molecule has 158 valence electrons. The number of amides is 1. The summed E-state index contributed by atoms with van der Waals surface area (Å²) < 4.78 is 0. The molecule has 1 amide bonds. The van der Waals surface area contributed by atoms with Crippen molar-refractivity contribution in [2.24, 2.45) is 4.99 Å². The molecule has 1 aromatic rings. The van der Waals surface area contributed by atoms with E-state index in [0.717, 1.165) is 44.6 Å². The number of hydrogen-bond donors (Lipinski definition) is 2. The maximum Gasteiger partial charge on any atom is 0.222 e. The van der Waals surface area contributed by atoms with Crippen molar-refractivity contribution in [3.8, 4) is 0 Å². The van der Waals surface area contributed by atoms with Crippen molar-refractivity contribution in [3.05, 3.63) is 35.4 Å². The summed E-state index contributed by atoms with van der Waals surface area (Å²) >= 11 is 0. The third-order valence-electron chi connectivity index (χ3n) is 6.62. The molecule has 0 bridgehead atoms. The number of guanidine groups is 1. The zero-order chi connectivity index (χ0) is 20.1. The predicted molar refractivity (Wildman–Crippen MR) is 117 cm³/mol. The second kappa shape index (κ2) is 9.61.